The summed E-state index contributed by atoms with van der Waals surface area (Å²) in [5.74, 6) is -0.408. The van der Waals surface area contributed by atoms with E-state index in [4.69, 9.17) is 0 Å². The van der Waals surface area contributed by atoms with Gasteiger partial charge in [-0.15, -0.1) is 0 Å². The highest BCUT2D eigenvalue weighted by molar-refractivity contribution is 6.05. The van der Waals surface area contributed by atoms with E-state index in [0.717, 1.165) is 11.3 Å². The highest BCUT2D eigenvalue weighted by Gasteiger charge is 2.14. The third-order valence-electron chi connectivity index (χ3n) is 4.59. The van der Waals surface area contributed by atoms with Gasteiger partial charge in [-0.25, -0.2) is 0 Å². The second-order valence-corrected chi connectivity index (χ2v) is 7.90. The molecule has 0 radical (unpaired) electrons. The van der Waals surface area contributed by atoms with Gasteiger partial charge < -0.3 is 10.6 Å². The summed E-state index contributed by atoms with van der Waals surface area (Å²) in [6, 6.07) is 18.2. The minimum Gasteiger partial charge on any atom is -0.348 e. The zero-order chi connectivity index (χ0) is 20.9. The van der Waals surface area contributed by atoms with E-state index >= 15 is 0 Å². The Labute approximate surface area is 171 Å². The molecule has 0 aliphatic rings. The number of rotatable bonds is 5. The first-order valence-electron chi connectivity index (χ1n) is 9.52. The number of carbonyl (C=O) groups excluding carboxylic acids is 2. The van der Waals surface area contributed by atoms with Gasteiger partial charge in [0.05, 0.1) is 0 Å². The van der Waals surface area contributed by atoms with Crippen LogP contribution in [0.3, 0.4) is 0 Å². The van der Waals surface area contributed by atoms with E-state index < -0.39 is 0 Å². The Balaban J connectivity index is 1.59. The molecule has 2 aromatic carbocycles. The normalized spacial score (nSPS) is 11.0. The van der Waals surface area contributed by atoms with Crippen molar-refractivity contribution in [2.45, 2.75) is 32.7 Å². The van der Waals surface area contributed by atoms with Crippen molar-refractivity contribution in [3.05, 3.63) is 95.3 Å². The van der Waals surface area contributed by atoms with Crippen LogP contribution in [-0.4, -0.2) is 16.8 Å². The number of hydrogen-bond donors (Lipinski definition) is 2. The number of nitrogens with one attached hydrogen (secondary N) is 2. The first-order valence-corrected chi connectivity index (χ1v) is 9.52. The topological polar surface area (TPSA) is 71.1 Å². The second-order valence-electron chi connectivity index (χ2n) is 7.90. The van der Waals surface area contributed by atoms with Crippen LogP contribution in [0.1, 0.15) is 52.6 Å². The van der Waals surface area contributed by atoms with Crippen molar-refractivity contribution < 1.29 is 9.59 Å². The first kappa shape index (κ1) is 20.3. The number of amides is 2. The van der Waals surface area contributed by atoms with Gasteiger partial charge in [0, 0.05) is 35.8 Å². The van der Waals surface area contributed by atoms with E-state index in [0.29, 0.717) is 17.7 Å². The summed E-state index contributed by atoms with van der Waals surface area (Å²) in [6.07, 6.45) is 3.40. The molecule has 0 atom stereocenters. The van der Waals surface area contributed by atoms with E-state index in [1.54, 1.807) is 36.7 Å². The summed E-state index contributed by atoms with van der Waals surface area (Å²) in [5, 5.41) is 5.73. The number of anilines is 1. The summed E-state index contributed by atoms with van der Waals surface area (Å²) < 4.78 is 0. The van der Waals surface area contributed by atoms with Crippen molar-refractivity contribution in [1.82, 2.24) is 10.3 Å². The predicted molar refractivity (Wildman–Crippen MR) is 115 cm³/mol. The molecular weight excluding hydrogens is 362 g/mol. The van der Waals surface area contributed by atoms with Gasteiger partial charge in [-0.05, 0) is 59.0 Å². The highest BCUT2D eigenvalue weighted by atomic mass is 16.2. The predicted octanol–water partition coefficient (Wildman–Crippen LogP) is 4.56. The molecule has 0 unspecified atom stereocenters. The maximum atomic E-state index is 12.5. The second kappa shape index (κ2) is 8.69. The van der Waals surface area contributed by atoms with E-state index in [1.165, 1.54) is 5.56 Å². The molecule has 0 spiro atoms. The number of pyridine rings is 1. The smallest absolute Gasteiger partial charge is 0.255 e. The standard InChI is InChI=1S/C24H25N3O2/c1-24(2,3)20-10-12-21(13-11-20)27-23(29)19-8-6-18(7-9-19)22(28)26-16-17-5-4-14-25-15-17/h4-15H,16H2,1-3H3,(H,26,28)(H,27,29). The summed E-state index contributed by atoms with van der Waals surface area (Å²) in [6.45, 7) is 6.85. The van der Waals surface area contributed by atoms with E-state index in [-0.39, 0.29) is 17.2 Å². The average Bonchev–Trinajstić information content (AvgIpc) is 2.72. The Morgan fingerprint density at radius 1 is 0.862 bits per heavy atom. The number of carbonyl (C=O) groups is 2. The van der Waals surface area contributed by atoms with Crippen molar-refractivity contribution in [3.63, 3.8) is 0 Å². The molecular formula is C24H25N3O2. The van der Waals surface area contributed by atoms with Crippen LogP contribution >= 0.6 is 0 Å². The van der Waals surface area contributed by atoms with E-state index in [9.17, 15) is 9.59 Å². The van der Waals surface area contributed by atoms with Crippen LogP contribution < -0.4 is 10.6 Å². The Hall–Kier alpha value is -3.47. The van der Waals surface area contributed by atoms with Crippen molar-refractivity contribution in [3.8, 4) is 0 Å². The fourth-order valence-electron chi connectivity index (χ4n) is 2.82. The van der Waals surface area contributed by atoms with E-state index in [2.05, 4.69) is 36.4 Å². The maximum Gasteiger partial charge on any atom is 0.255 e. The Kier molecular flexibility index (Phi) is 6.07. The molecule has 0 saturated heterocycles. The van der Waals surface area contributed by atoms with Gasteiger partial charge in [-0.2, -0.15) is 0 Å². The maximum absolute atomic E-state index is 12.5. The van der Waals surface area contributed by atoms with Gasteiger partial charge in [-0.1, -0.05) is 39.0 Å². The minimum absolute atomic E-state index is 0.0654. The van der Waals surface area contributed by atoms with Crippen LogP contribution in [-0.2, 0) is 12.0 Å². The summed E-state index contributed by atoms with van der Waals surface area (Å²) in [5.41, 5.74) is 3.93. The van der Waals surface area contributed by atoms with Gasteiger partial charge >= 0.3 is 0 Å². The molecule has 0 fully saturated rings. The average molecular weight is 387 g/mol. The molecule has 1 heterocycles. The van der Waals surface area contributed by atoms with Crippen molar-refractivity contribution in [2.24, 2.45) is 0 Å². The first-order chi connectivity index (χ1) is 13.8. The number of aromatic nitrogens is 1. The zero-order valence-corrected chi connectivity index (χ0v) is 16.9. The number of nitrogens with zero attached hydrogens (tertiary/aromatic N) is 1. The summed E-state index contributed by atoms with van der Waals surface area (Å²) >= 11 is 0. The molecule has 3 aromatic rings. The van der Waals surface area contributed by atoms with Crippen LogP contribution in [0, 0.1) is 0 Å². The fourth-order valence-corrected chi connectivity index (χ4v) is 2.82. The lowest BCUT2D eigenvalue weighted by molar-refractivity contribution is 0.0949. The van der Waals surface area contributed by atoms with Gasteiger partial charge in [0.15, 0.2) is 0 Å². The van der Waals surface area contributed by atoms with Crippen LogP contribution in [0.15, 0.2) is 73.1 Å². The van der Waals surface area contributed by atoms with Crippen LogP contribution in [0.4, 0.5) is 5.69 Å². The van der Waals surface area contributed by atoms with Crippen LogP contribution in [0.5, 0.6) is 0 Å². The summed E-state index contributed by atoms with van der Waals surface area (Å²) in [7, 11) is 0. The third-order valence-corrected chi connectivity index (χ3v) is 4.59. The molecule has 148 valence electrons. The van der Waals surface area contributed by atoms with E-state index in [1.807, 2.05) is 36.4 Å². The lowest BCUT2D eigenvalue weighted by atomic mass is 9.87. The monoisotopic (exact) mass is 387 g/mol. The van der Waals surface area contributed by atoms with Crippen molar-refractivity contribution in [2.75, 3.05) is 5.32 Å². The Bertz CT molecular complexity index is 973. The van der Waals surface area contributed by atoms with Crippen molar-refractivity contribution in [1.29, 1.82) is 0 Å². The molecule has 29 heavy (non-hydrogen) atoms. The Morgan fingerprint density at radius 2 is 1.48 bits per heavy atom. The largest absolute Gasteiger partial charge is 0.348 e. The number of hydrogen-bond acceptors (Lipinski definition) is 3. The molecule has 0 aliphatic carbocycles. The van der Waals surface area contributed by atoms with Gasteiger partial charge in [0.2, 0.25) is 0 Å². The molecule has 1 aromatic heterocycles. The summed E-state index contributed by atoms with van der Waals surface area (Å²) in [4.78, 5) is 28.8. The molecule has 5 heteroatoms. The quantitative estimate of drug-likeness (QED) is 0.674. The molecule has 0 saturated carbocycles. The van der Waals surface area contributed by atoms with Gasteiger partial charge in [0.1, 0.15) is 0 Å². The lowest BCUT2D eigenvalue weighted by Gasteiger charge is -2.19. The molecule has 2 amide bonds. The molecule has 0 bridgehead atoms. The third kappa shape index (κ3) is 5.51. The Morgan fingerprint density at radius 3 is 2.03 bits per heavy atom. The van der Waals surface area contributed by atoms with Gasteiger partial charge in [0.25, 0.3) is 11.8 Å². The molecule has 3 rings (SSSR count). The minimum atomic E-state index is -0.212. The molecule has 0 aliphatic heterocycles. The number of benzene rings is 2. The SMILES string of the molecule is CC(C)(C)c1ccc(NC(=O)c2ccc(C(=O)NCc3cccnc3)cc2)cc1. The van der Waals surface area contributed by atoms with Crippen LogP contribution in [0.25, 0.3) is 0 Å². The molecule has 5 nitrogen and oxygen atoms in total. The van der Waals surface area contributed by atoms with Gasteiger partial charge in [-0.3, -0.25) is 14.6 Å². The fraction of sp³-hybridized carbons (Fsp3) is 0.208. The van der Waals surface area contributed by atoms with Crippen molar-refractivity contribution >= 4 is 17.5 Å². The molecule has 2 N–H and O–H groups in total. The van der Waals surface area contributed by atoms with Crippen LogP contribution in [0.2, 0.25) is 0 Å². The highest BCUT2D eigenvalue weighted by Crippen LogP contribution is 2.23. The lowest BCUT2D eigenvalue weighted by Crippen LogP contribution is -2.23. The zero-order valence-electron chi connectivity index (χ0n) is 16.9.